The molecular weight excluding hydrogens is 288 g/mol. The first-order chi connectivity index (χ1) is 11.3. The highest BCUT2D eigenvalue weighted by molar-refractivity contribution is 5.84. The molecule has 0 saturated carbocycles. The Morgan fingerprint density at radius 3 is 2.65 bits per heavy atom. The van der Waals surface area contributed by atoms with Gasteiger partial charge in [-0.2, -0.15) is 0 Å². The molecular formula is C19H21N2O2+. The minimum Gasteiger partial charge on any atom is -0.493 e. The Bertz CT molecular complexity index is 854. The van der Waals surface area contributed by atoms with Crippen molar-refractivity contribution in [2.45, 2.75) is 12.5 Å². The molecule has 4 rings (SSSR count). The summed E-state index contributed by atoms with van der Waals surface area (Å²) in [4.78, 5) is 3.39. The van der Waals surface area contributed by atoms with Crippen molar-refractivity contribution in [1.82, 2.24) is 4.98 Å². The summed E-state index contributed by atoms with van der Waals surface area (Å²) in [6, 6.07) is 13.0. The smallest absolute Gasteiger partial charge is 0.161 e. The summed E-state index contributed by atoms with van der Waals surface area (Å²) in [7, 11) is 3.38. The fraction of sp³-hybridized carbons (Fsp3) is 0.263. The van der Waals surface area contributed by atoms with Crippen molar-refractivity contribution in [1.29, 1.82) is 0 Å². The van der Waals surface area contributed by atoms with Crippen LogP contribution in [0.25, 0.3) is 10.9 Å². The summed E-state index contributed by atoms with van der Waals surface area (Å²) < 4.78 is 11.0. The first-order valence-electron chi connectivity index (χ1n) is 7.96. The maximum absolute atomic E-state index is 5.51. The van der Waals surface area contributed by atoms with Gasteiger partial charge in [0.15, 0.2) is 11.5 Å². The number of hydrogen-bond donors (Lipinski definition) is 2. The molecule has 0 amide bonds. The predicted octanol–water partition coefficient (Wildman–Crippen LogP) is 2.39. The summed E-state index contributed by atoms with van der Waals surface area (Å²) in [5.74, 6) is 1.61. The molecule has 1 aromatic heterocycles. The van der Waals surface area contributed by atoms with Crippen molar-refractivity contribution < 1.29 is 14.8 Å². The number of para-hydroxylation sites is 1. The molecule has 0 saturated heterocycles. The summed E-state index contributed by atoms with van der Waals surface area (Å²) >= 11 is 0. The van der Waals surface area contributed by atoms with Crippen LogP contribution in [0.2, 0.25) is 0 Å². The molecule has 0 spiro atoms. The molecule has 2 aromatic carbocycles. The molecule has 4 nitrogen and oxygen atoms in total. The lowest BCUT2D eigenvalue weighted by Gasteiger charge is -2.25. The van der Waals surface area contributed by atoms with E-state index in [2.05, 4.69) is 52.9 Å². The molecule has 0 fully saturated rings. The zero-order chi connectivity index (χ0) is 15.8. The van der Waals surface area contributed by atoms with Crippen LogP contribution in [0, 0.1) is 0 Å². The van der Waals surface area contributed by atoms with Gasteiger partial charge in [-0.1, -0.05) is 18.2 Å². The van der Waals surface area contributed by atoms with Crippen LogP contribution in [0.15, 0.2) is 42.6 Å². The second-order valence-corrected chi connectivity index (χ2v) is 5.95. The molecule has 0 unspecified atom stereocenters. The molecule has 118 valence electrons. The highest BCUT2D eigenvalue weighted by atomic mass is 16.5. The summed E-state index contributed by atoms with van der Waals surface area (Å²) in [5.41, 5.74) is 5.18. The molecule has 0 radical (unpaired) electrons. The molecule has 4 heteroatoms. The van der Waals surface area contributed by atoms with Crippen LogP contribution >= 0.6 is 0 Å². The number of hydrogen-bond acceptors (Lipinski definition) is 2. The van der Waals surface area contributed by atoms with Crippen LogP contribution in [0.4, 0.5) is 0 Å². The Labute approximate surface area is 135 Å². The summed E-state index contributed by atoms with van der Waals surface area (Å²) in [6.07, 6.45) is 3.19. The van der Waals surface area contributed by atoms with Gasteiger partial charge in [-0.25, -0.2) is 0 Å². The molecule has 3 aromatic rings. The number of nitrogens with one attached hydrogen (secondary N) is 1. The monoisotopic (exact) mass is 309 g/mol. The largest absolute Gasteiger partial charge is 0.493 e. The van der Waals surface area contributed by atoms with E-state index in [1.165, 1.54) is 27.6 Å². The van der Waals surface area contributed by atoms with Gasteiger partial charge in [0.1, 0.15) is 6.04 Å². The Balaban J connectivity index is 1.87. The van der Waals surface area contributed by atoms with E-state index in [1.807, 2.05) is 0 Å². The van der Waals surface area contributed by atoms with E-state index < -0.39 is 0 Å². The average molecular weight is 309 g/mol. The number of nitrogens with two attached hydrogens (primary N) is 1. The molecule has 3 N–H and O–H groups in total. The number of benzene rings is 2. The number of aromatic nitrogens is 1. The number of aromatic amines is 1. The minimum atomic E-state index is 0.287. The van der Waals surface area contributed by atoms with Crippen LogP contribution < -0.4 is 14.8 Å². The number of methoxy groups -OCH3 is 2. The molecule has 0 bridgehead atoms. The average Bonchev–Trinajstić information content (AvgIpc) is 3.03. The minimum absolute atomic E-state index is 0.287. The first kappa shape index (κ1) is 14.2. The van der Waals surface area contributed by atoms with Gasteiger partial charge in [0.2, 0.25) is 0 Å². The van der Waals surface area contributed by atoms with E-state index in [9.17, 15) is 0 Å². The van der Waals surface area contributed by atoms with Crippen LogP contribution in [0.3, 0.4) is 0 Å². The topological polar surface area (TPSA) is 50.9 Å². The second kappa shape index (κ2) is 5.63. The Hall–Kier alpha value is -2.46. The van der Waals surface area contributed by atoms with E-state index in [4.69, 9.17) is 9.47 Å². The van der Waals surface area contributed by atoms with Gasteiger partial charge in [-0.3, -0.25) is 0 Å². The normalized spacial score (nSPS) is 17.0. The van der Waals surface area contributed by atoms with E-state index in [0.29, 0.717) is 0 Å². The molecule has 1 aliphatic rings. The Morgan fingerprint density at radius 2 is 1.83 bits per heavy atom. The number of quaternary nitrogens is 1. The fourth-order valence-electron chi connectivity index (χ4n) is 3.62. The van der Waals surface area contributed by atoms with Crippen molar-refractivity contribution in [3.8, 4) is 11.5 Å². The van der Waals surface area contributed by atoms with Crippen LogP contribution in [0.1, 0.15) is 22.7 Å². The van der Waals surface area contributed by atoms with Gasteiger partial charge in [-0.05, 0) is 23.8 Å². The molecule has 23 heavy (non-hydrogen) atoms. The summed E-state index contributed by atoms with van der Waals surface area (Å²) in [6.45, 7) is 1.08. The maximum atomic E-state index is 5.51. The van der Waals surface area contributed by atoms with Gasteiger partial charge in [0.05, 0.1) is 20.8 Å². The molecule has 0 aliphatic carbocycles. The Morgan fingerprint density at radius 1 is 1.04 bits per heavy atom. The van der Waals surface area contributed by atoms with Gasteiger partial charge in [-0.15, -0.1) is 0 Å². The lowest BCUT2D eigenvalue weighted by atomic mass is 9.89. The molecule has 1 aliphatic heterocycles. The highest BCUT2D eigenvalue weighted by Gasteiger charge is 2.28. The number of rotatable bonds is 3. The maximum Gasteiger partial charge on any atom is 0.161 e. The van der Waals surface area contributed by atoms with Crippen molar-refractivity contribution in [3.63, 3.8) is 0 Å². The SMILES string of the molecule is COc1cc2c(cc1OC)[C@@H](c1c[nH]c3ccccc13)[NH2+]CC2. The lowest BCUT2D eigenvalue weighted by Crippen LogP contribution is -2.87. The van der Waals surface area contributed by atoms with Crippen molar-refractivity contribution in [2.24, 2.45) is 0 Å². The van der Waals surface area contributed by atoms with E-state index in [-0.39, 0.29) is 6.04 Å². The second-order valence-electron chi connectivity index (χ2n) is 5.95. The fourth-order valence-corrected chi connectivity index (χ4v) is 3.62. The quantitative estimate of drug-likeness (QED) is 0.780. The number of ether oxygens (including phenoxy) is 2. The standard InChI is InChI=1S/C19H20N2O2/c1-22-17-9-12-7-8-20-19(14(12)10-18(17)23-2)15-11-21-16-6-4-3-5-13(15)16/h3-6,9-11,19-21H,7-8H2,1-2H3/p+1/t19-/m0/s1. The third kappa shape index (κ3) is 2.26. The molecule has 2 heterocycles. The van der Waals surface area contributed by atoms with Crippen molar-refractivity contribution >= 4 is 10.9 Å². The number of H-pyrrole nitrogens is 1. The van der Waals surface area contributed by atoms with Crippen molar-refractivity contribution in [3.05, 3.63) is 59.3 Å². The van der Waals surface area contributed by atoms with Crippen LogP contribution in [0.5, 0.6) is 11.5 Å². The van der Waals surface area contributed by atoms with Gasteiger partial charge in [0, 0.05) is 34.6 Å². The first-order valence-corrected chi connectivity index (χ1v) is 7.96. The van der Waals surface area contributed by atoms with Gasteiger partial charge in [0.25, 0.3) is 0 Å². The lowest BCUT2D eigenvalue weighted by molar-refractivity contribution is -0.689. The van der Waals surface area contributed by atoms with Crippen LogP contribution in [-0.2, 0) is 6.42 Å². The van der Waals surface area contributed by atoms with Gasteiger partial charge < -0.3 is 19.8 Å². The van der Waals surface area contributed by atoms with E-state index >= 15 is 0 Å². The molecule has 1 atom stereocenters. The third-order valence-electron chi connectivity index (χ3n) is 4.75. The van der Waals surface area contributed by atoms with E-state index in [1.54, 1.807) is 14.2 Å². The van der Waals surface area contributed by atoms with Crippen LogP contribution in [-0.4, -0.2) is 25.7 Å². The summed E-state index contributed by atoms with van der Waals surface area (Å²) in [5, 5.41) is 3.69. The van der Waals surface area contributed by atoms with Gasteiger partial charge >= 0.3 is 0 Å². The predicted molar refractivity (Wildman–Crippen MR) is 90.2 cm³/mol. The zero-order valence-electron chi connectivity index (χ0n) is 13.4. The zero-order valence-corrected chi connectivity index (χ0v) is 13.4. The Kier molecular flexibility index (Phi) is 3.46. The highest BCUT2D eigenvalue weighted by Crippen LogP contribution is 2.37. The van der Waals surface area contributed by atoms with Crippen molar-refractivity contribution in [2.75, 3.05) is 20.8 Å². The number of fused-ring (bicyclic) bond motifs is 2. The third-order valence-corrected chi connectivity index (χ3v) is 4.75. The van der Waals surface area contributed by atoms with E-state index in [0.717, 1.165) is 24.5 Å².